The number of nitrogens with zero attached hydrogens (tertiary/aromatic N) is 2. The lowest BCUT2D eigenvalue weighted by atomic mass is 10.1. The van der Waals surface area contributed by atoms with Crippen molar-refractivity contribution in [2.24, 2.45) is 0 Å². The number of methoxy groups -OCH3 is 1. The third-order valence-corrected chi connectivity index (χ3v) is 6.07. The van der Waals surface area contributed by atoms with E-state index >= 15 is 0 Å². The number of ether oxygens (including phenoxy) is 3. The number of carbonyl (C=O) groups is 1. The fraction of sp³-hybridized carbons (Fsp3) is 0.393. The maximum Gasteiger partial charge on any atom is 0.337 e. The fourth-order valence-corrected chi connectivity index (χ4v) is 4.23. The van der Waals surface area contributed by atoms with E-state index in [0.29, 0.717) is 38.4 Å². The minimum Gasteiger partial charge on any atom is -0.465 e. The number of rotatable bonds is 16. The summed E-state index contributed by atoms with van der Waals surface area (Å²) < 4.78 is 15.6. The first-order chi connectivity index (χ1) is 18.7. The Bertz CT molecular complexity index is 1310. The SMILES string of the molecule is COC(=O)c1ccc2c(c1)[nH]c1nc(Cc3ccccc3)nc(NCCC[NH2+]CCOCCOCCO)c12. The third-order valence-electron chi connectivity index (χ3n) is 6.07. The highest BCUT2D eigenvalue weighted by atomic mass is 16.5. The lowest BCUT2D eigenvalue weighted by Crippen LogP contribution is -2.85. The second-order valence-electron chi connectivity index (χ2n) is 8.85. The Morgan fingerprint density at radius 3 is 2.63 bits per heavy atom. The van der Waals surface area contributed by atoms with Crippen LogP contribution in [0.25, 0.3) is 21.9 Å². The summed E-state index contributed by atoms with van der Waals surface area (Å²) in [5.74, 6) is 1.12. The van der Waals surface area contributed by atoms with Crippen LogP contribution in [0.5, 0.6) is 0 Å². The second-order valence-corrected chi connectivity index (χ2v) is 8.85. The van der Waals surface area contributed by atoms with Crippen LogP contribution in [-0.4, -0.2) is 85.8 Å². The van der Waals surface area contributed by atoms with Crippen LogP contribution >= 0.6 is 0 Å². The van der Waals surface area contributed by atoms with E-state index in [1.165, 1.54) is 7.11 Å². The van der Waals surface area contributed by atoms with Gasteiger partial charge in [-0.05, 0) is 17.7 Å². The largest absolute Gasteiger partial charge is 0.465 e. The summed E-state index contributed by atoms with van der Waals surface area (Å²) in [7, 11) is 1.38. The van der Waals surface area contributed by atoms with Crippen molar-refractivity contribution in [2.45, 2.75) is 12.8 Å². The summed E-state index contributed by atoms with van der Waals surface area (Å²) >= 11 is 0. The van der Waals surface area contributed by atoms with E-state index < -0.39 is 0 Å². The molecular formula is C28H36N5O5+. The molecule has 4 aromatic rings. The molecule has 0 saturated carbocycles. The predicted octanol–water partition coefficient (Wildman–Crippen LogP) is 1.88. The van der Waals surface area contributed by atoms with Crippen LogP contribution in [0.3, 0.4) is 0 Å². The van der Waals surface area contributed by atoms with Crippen molar-refractivity contribution >= 4 is 33.7 Å². The van der Waals surface area contributed by atoms with E-state index in [9.17, 15) is 4.79 Å². The summed E-state index contributed by atoms with van der Waals surface area (Å²) in [6.07, 6.45) is 1.57. The van der Waals surface area contributed by atoms with Crippen molar-refractivity contribution in [3.63, 3.8) is 0 Å². The van der Waals surface area contributed by atoms with Gasteiger partial charge in [0, 0.05) is 30.3 Å². The van der Waals surface area contributed by atoms with Crippen LogP contribution < -0.4 is 10.6 Å². The number of hydrogen-bond donors (Lipinski definition) is 4. The molecule has 38 heavy (non-hydrogen) atoms. The van der Waals surface area contributed by atoms with Crippen LogP contribution in [0.15, 0.2) is 48.5 Å². The van der Waals surface area contributed by atoms with Gasteiger partial charge in [0.05, 0.1) is 64.2 Å². The Morgan fingerprint density at radius 1 is 1.03 bits per heavy atom. The van der Waals surface area contributed by atoms with Gasteiger partial charge in [-0.25, -0.2) is 14.8 Å². The minimum atomic E-state index is -0.378. The zero-order valence-corrected chi connectivity index (χ0v) is 21.7. The molecule has 10 nitrogen and oxygen atoms in total. The lowest BCUT2D eigenvalue weighted by Gasteiger charge is -2.10. The smallest absolute Gasteiger partial charge is 0.337 e. The maximum absolute atomic E-state index is 12.0. The molecule has 0 fully saturated rings. The number of benzene rings is 2. The van der Waals surface area contributed by atoms with Gasteiger partial charge in [-0.15, -0.1) is 0 Å². The molecule has 0 unspecified atom stereocenters. The van der Waals surface area contributed by atoms with Crippen molar-refractivity contribution in [1.29, 1.82) is 0 Å². The Labute approximate surface area is 221 Å². The average molecular weight is 523 g/mol. The van der Waals surface area contributed by atoms with Gasteiger partial charge in [0.2, 0.25) is 0 Å². The number of anilines is 1. The van der Waals surface area contributed by atoms with Crippen molar-refractivity contribution < 1.29 is 29.4 Å². The molecule has 0 aliphatic carbocycles. The van der Waals surface area contributed by atoms with Crippen molar-refractivity contribution in [3.05, 3.63) is 65.5 Å². The summed E-state index contributed by atoms with van der Waals surface area (Å²) in [6, 6.07) is 15.6. The van der Waals surface area contributed by atoms with Gasteiger partial charge in [-0.1, -0.05) is 36.4 Å². The first kappa shape index (κ1) is 27.5. The Morgan fingerprint density at radius 2 is 1.84 bits per heavy atom. The third kappa shape index (κ3) is 7.48. The molecule has 2 aromatic heterocycles. The first-order valence-corrected chi connectivity index (χ1v) is 13.0. The van der Waals surface area contributed by atoms with E-state index in [1.807, 2.05) is 24.3 Å². The van der Waals surface area contributed by atoms with Crippen molar-refractivity contribution in [2.75, 3.05) is 65.1 Å². The van der Waals surface area contributed by atoms with Crippen LogP contribution in [0.1, 0.15) is 28.2 Å². The molecule has 10 heteroatoms. The molecule has 2 aromatic carbocycles. The molecule has 0 atom stereocenters. The van der Waals surface area contributed by atoms with E-state index in [2.05, 4.69) is 27.8 Å². The molecule has 0 saturated heterocycles. The highest BCUT2D eigenvalue weighted by Gasteiger charge is 2.16. The van der Waals surface area contributed by atoms with Gasteiger partial charge in [-0.2, -0.15) is 0 Å². The normalized spacial score (nSPS) is 11.3. The number of nitrogens with two attached hydrogens (primary N) is 1. The highest BCUT2D eigenvalue weighted by molar-refractivity contribution is 6.12. The number of aromatic nitrogens is 3. The summed E-state index contributed by atoms with van der Waals surface area (Å²) in [4.78, 5) is 25.1. The van der Waals surface area contributed by atoms with E-state index in [1.54, 1.807) is 12.1 Å². The Balaban J connectivity index is 1.41. The van der Waals surface area contributed by atoms with Crippen LogP contribution in [0, 0.1) is 0 Å². The number of esters is 1. The van der Waals surface area contributed by atoms with Gasteiger partial charge in [0.15, 0.2) is 0 Å². The molecule has 0 radical (unpaired) electrons. The van der Waals surface area contributed by atoms with Gasteiger partial charge in [-0.3, -0.25) is 0 Å². The number of H-pyrrole nitrogens is 1. The topological polar surface area (TPSA) is 135 Å². The zero-order chi connectivity index (χ0) is 26.6. The number of hydrogen-bond acceptors (Lipinski definition) is 8. The molecule has 2 heterocycles. The molecule has 4 rings (SSSR count). The average Bonchev–Trinajstić information content (AvgIpc) is 3.31. The molecule has 0 bridgehead atoms. The first-order valence-electron chi connectivity index (χ1n) is 13.0. The Kier molecular flexibility index (Phi) is 10.4. The van der Waals surface area contributed by atoms with Crippen LogP contribution in [-0.2, 0) is 20.6 Å². The number of aliphatic hydroxyl groups excluding tert-OH is 1. The predicted molar refractivity (Wildman–Crippen MR) is 145 cm³/mol. The molecule has 0 spiro atoms. The molecule has 0 aliphatic rings. The molecular weight excluding hydrogens is 486 g/mol. The maximum atomic E-state index is 12.0. The van der Waals surface area contributed by atoms with Gasteiger partial charge < -0.3 is 34.9 Å². The number of fused-ring (bicyclic) bond motifs is 3. The molecule has 0 amide bonds. The van der Waals surface area contributed by atoms with Crippen molar-refractivity contribution in [3.8, 4) is 0 Å². The van der Waals surface area contributed by atoms with Gasteiger partial charge in [0.25, 0.3) is 0 Å². The summed E-state index contributed by atoms with van der Waals surface area (Å²) in [5.41, 5.74) is 3.17. The summed E-state index contributed by atoms with van der Waals surface area (Å²) in [6.45, 7) is 4.68. The number of quaternary nitrogens is 1. The molecule has 5 N–H and O–H groups in total. The van der Waals surface area contributed by atoms with E-state index in [4.69, 9.17) is 29.3 Å². The molecule has 202 valence electrons. The van der Waals surface area contributed by atoms with Crippen LogP contribution in [0.4, 0.5) is 5.82 Å². The highest BCUT2D eigenvalue weighted by Crippen LogP contribution is 2.30. The fourth-order valence-electron chi connectivity index (χ4n) is 4.23. The molecule has 0 aliphatic heterocycles. The number of aliphatic hydroxyl groups is 1. The number of carbonyl (C=O) groups excluding carboxylic acids is 1. The number of aromatic amines is 1. The van der Waals surface area contributed by atoms with Gasteiger partial charge >= 0.3 is 5.97 Å². The zero-order valence-electron chi connectivity index (χ0n) is 21.7. The summed E-state index contributed by atoms with van der Waals surface area (Å²) in [5, 5.41) is 16.3. The van der Waals surface area contributed by atoms with E-state index in [-0.39, 0.29) is 12.6 Å². The Hall–Kier alpha value is -3.57. The van der Waals surface area contributed by atoms with Crippen molar-refractivity contribution in [1.82, 2.24) is 15.0 Å². The van der Waals surface area contributed by atoms with E-state index in [0.717, 1.165) is 65.2 Å². The lowest BCUT2D eigenvalue weighted by molar-refractivity contribution is -0.656. The quantitative estimate of drug-likeness (QED) is 0.129. The number of nitrogens with one attached hydrogen (secondary N) is 2. The minimum absolute atomic E-state index is 0.0350. The second kappa shape index (κ2) is 14.4. The van der Waals surface area contributed by atoms with Crippen LogP contribution in [0.2, 0.25) is 0 Å². The monoisotopic (exact) mass is 522 g/mol. The van der Waals surface area contributed by atoms with Gasteiger partial charge in [0.1, 0.15) is 17.3 Å². The standard InChI is InChI=1S/C28H35N5O5/c1-36-28(35)21-8-9-22-23(19-21)31-27-25(22)26(32-24(33-27)18-20-6-3-2-4-7-20)30-11-5-10-29-12-14-37-16-17-38-15-13-34/h2-4,6-9,19,29,34H,5,10-18H2,1H3,(H2,30,31,32,33)/p+1.